The van der Waals surface area contributed by atoms with Crippen LogP contribution < -0.4 is 5.32 Å². The molecular weight excluding hydrogens is 264 g/mol. The van der Waals surface area contributed by atoms with Crippen LogP contribution in [0.15, 0.2) is 6.20 Å². The first-order valence-electron chi connectivity index (χ1n) is 6.42. The summed E-state index contributed by atoms with van der Waals surface area (Å²) in [6, 6.07) is 0. The zero-order chi connectivity index (χ0) is 14.5. The van der Waals surface area contributed by atoms with E-state index < -0.39 is 10.0 Å². The molecule has 1 aromatic heterocycles. The van der Waals surface area contributed by atoms with Gasteiger partial charge in [-0.3, -0.25) is 4.98 Å². The molecule has 108 valence electrons. The van der Waals surface area contributed by atoms with Crippen LogP contribution in [0.25, 0.3) is 0 Å². The molecule has 1 heterocycles. The van der Waals surface area contributed by atoms with E-state index in [0.29, 0.717) is 25.5 Å². The number of anilines is 1. The largest absolute Gasteiger partial charge is 0.367 e. The van der Waals surface area contributed by atoms with Gasteiger partial charge in [-0.15, -0.1) is 0 Å². The van der Waals surface area contributed by atoms with E-state index in [2.05, 4.69) is 15.3 Å². The highest BCUT2D eigenvalue weighted by Gasteiger charge is 2.18. The van der Waals surface area contributed by atoms with Crippen molar-refractivity contribution in [3.8, 4) is 0 Å². The quantitative estimate of drug-likeness (QED) is 0.814. The summed E-state index contributed by atoms with van der Waals surface area (Å²) in [6.45, 7) is 8.70. The van der Waals surface area contributed by atoms with E-state index in [1.54, 1.807) is 6.20 Å². The SMILES string of the molecule is CCN(CC)S(=O)(=O)CCNc1nc(C)cnc1C. The van der Waals surface area contributed by atoms with Gasteiger partial charge in [0.15, 0.2) is 0 Å². The Kier molecular flexibility index (Phi) is 5.68. The lowest BCUT2D eigenvalue weighted by atomic mass is 10.4. The number of sulfonamides is 1. The molecule has 0 atom stereocenters. The van der Waals surface area contributed by atoms with Crippen LogP contribution in [0.3, 0.4) is 0 Å². The van der Waals surface area contributed by atoms with Gasteiger partial charge in [-0.1, -0.05) is 13.8 Å². The number of hydrogen-bond acceptors (Lipinski definition) is 5. The minimum atomic E-state index is -3.19. The van der Waals surface area contributed by atoms with Crippen LogP contribution in [0.2, 0.25) is 0 Å². The van der Waals surface area contributed by atoms with Crippen molar-refractivity contribution in [3.63, 3.8) is 0 Å². The Morgan fingerprint density at radius 1 is 1.26 bits per heavy atom. The van der Waals surface area contributed by atoms with Gasteiger partial charge in [0, 0.05) is 25.8 Å². The maximum Gasteiger partial charge on any atom is 0.215 e. The Balaban J connectivity index is 2.61. The predicted octanol–water partition coefficient (Wildman–Crippen LogP) is 1.18. The lowest BCUT2D eigenvalue weighted by Gasteiger charge is -2.18. The van der Waals surface area contributed by atoms with Gasteiger partial charge in [-0.2, -0.15) is 0 Å². The van der Waals surface area contributed by atoms with Crippen LogP contribution in [0.1, 0.15) is 25.2 Å². The number of hydrogen-bond donors (Lipinski definition) is 1. The number of rotatable bonds is 7. The Morgan fingerprint density at radius 3 is 2.47 bits per heavy atom. The molecule has 0 aliphatic rings. The third-order valence-corrected chi connectivity index (χ3v) is 4.85. The van der Waals surface area contributed by atoms with Gasteiger partial charge < -0.3 is 5.32 Å². The van der Waals surface area contributed by atoms with Crippen LogP contribution in [-0.4, -0.2) is 48.1 Å². The van der Waals surface area contributed by atoms with E-state index in [1.165, 1.54) is 4.31 Å². The molecule has 0 radical (unpaired) electrons. The molecule has 0 amide bonds. The molecule has 0 bridgehead atoms. The summed E-state index contributed by atoms with van der Waals surface area (Å²) in [6.07, 6.45) is 1.69. The third kappa shape index (κ3) is 4.43. The molecule has 0 aliphatic carbocycles. The fraction of sp³-hybridized carbons (Fsp3) is 0.667. The van der Waals surface area contributed by atoms with Crippen molar-refractivity contribution >= 4 is 15.8 Å². The van der Waals surface area contributed by atoms with Gasteiger partial charge in [0.25, 0.3) is 0 Å². The fourth-order valence-corrected chi connectivity index (χ4v) is 3.15. The molecule has 0 aromatic carbocycles. The molecule has 0 spiro atoms. The van der Waals surface area contributed by atoms with Crippen LogP contribution in [-0.2, 0) is 10.0 Å². The Morgan fingerprint density at radius 2 is 1.89 bits per heavy atom. The van der Waals surface area contributed by atoms with E-state index in [1.807, 2.05) is 27.7 Å². The number of nitrogens with zero attached hydrogens (tertiary/aromatic N) is 3. The molecule has 0 saturated heterocycles. The van der Waals surface area contributed by atoms with E-state index in [9.17, 15) is 8.42 Å². The van der Waals surface area contributed by atoms with Gasteiger partial charge in [0.05, 0.1) is 17.1 Å². The standard InChI is InChI=1S/C12H22N4O2S/c1-5-16(6-2)19(17,18)8-7-13-12-11(4)14-9-10(3)15-12/h9H,5-8H2,1-4H3,(H,13,15). The molecule has 6 nitrogen and oxygen atoms in total. The predicted molar refractivity (Wildman–Crippen MR) is 76.7 cm³/mol. The molecule has 0 saturated carbocycles. The summed E-state index contributed by atoms with van der Waals surface area (Å²) >= 11 is 0. The Bertz CT molecular complexity index is 512. The average Bonchev–Trinajstić information content (AvgIpc) is 2.34. The number of aromatic nitrogens is 2. The lowest BCUT2D eigenvalue weighted by Crippen LogP contribution is -2.34. The Hall–Kier alpha value is -1.21. The highest BCUT2D eigenvalue weighted by atomic mass is 32.2. The van der Waals surface area contributed by atoms with Gasteiger partial charge >= 0.3 is 0 Å². The Labute approximate surface area is 115 Å². The van der Waals surface area contributed by atoms with Gasteiger partial charge in [-0.25, -0.2) is 17.7 Å². The smallest absolute Gasteiger partial charge is 0.215 e. The molecule has 1 N–H and O–H groups in total. The van der Waals surface area contributed by atoms with Gasteiger partial charge in [0.1, 0.15) is 5.82 Å². The van der Waals surface area contributed by atoms with Crippen molar-refractivity contribution in [2.45, 2.75) is 27.7 Å². The lowest BCUT2D eigenvalue weighted by molar-refractivity contribution is 0.446. The first-order chi connectivity index (χ1) is 8.90. The topological polar surface area (TPSA) is 75.2 Å². The van der Waals surface area contributed by atoms with E-state index in [-0.39, 0.29) is 5.75 Å². The minimum Gasteiger partial charge on any atom is -0.367 e. The second kappa shape index (κ2) is 6.81. The molecule has 0 aliphatic heterocycles. The molecule has 19 heavy (non-hydrogen) atoms. The maximum absolute atomic E-state index is 12.0. The average molecular weight is 286 g/mol. The minimum absolute atomic E-state index is 0.0593. The van der Waals surface area contributed by atoms with Gasteiger partial charge in [0.2, 0.25) is 10.0 Å². The summed E-state index contributed by atoms with van der Waals surface area (Å²) < 4.78 is 25.4. The van der Waals surface area contributed by atoms with E-state index in [0.717, 1.165) is 11.4 Å². The van der Waals surface area contributed by atoms with Crippen molar-refractivity contribution in [1.29, 1.82) is 0 Å². The van der Waals surface area contributed by atoms with Crippen molar-refractivity contribution in [1.82, 2.24) is 14.3 Å². The highest BCUT2D eigenvalue weighted by molar-refractivity contribution is 7.89. The first-order valence-corrected chi connectivity index (χ1v) is 8.03. The highest BCUT2D eigenvalue weighted by Crippen LogP contribution is 2.08. The van der Waals surface area contributed by atoms with E-state index >= 15 is 0 Å². The summed E-state index contributed by atoms with van der Waals surface area (Å²) in [7, 11) is -3.19. The third-order valence-electron chi connectivity index (χ3n) is 2.83. The van der Waals surface area contributed by atoms with E-state index in [4.69, 9.17) is 0 Å². The van der Waals surface area contributed by atoms with Crippen molar-refractivity contribution in [3.05, 3.63) is 17.6 Å². The first kappa shape index (κ1) is 15.8. The van der Waals surface area contributed by atoms with Crippen molar-refractivity contribution < 1.29 is 8.42 Å². The van der Waals surface area contributed by atoms with Crippen LogP contribution in [0, 0.1) is 13.8 Å². The second-order valence-corrected chi connectivity index (χ2v) is 6.36. The fourth-order valence-electron chi connectivity index (χ4n) is 1.75. The molecule has 0 fully saturated rings. The molecule has 0 unspecified atom stereocenters. The van der Waals surface area contributed by atoms with Crippen LogP contribution >= 0.6 is 0 Å². The van der Waals surface area contributed by atoms with Crippen LogP contribution in [0.4, 0.5) is 5.82 Å². The monoisotopic (exact) mass is 286 g/mol. The molecule has 1 rings (SSSR count). The molecule has 1 aromatic rings. The summed E-state index contributed by atoms with van der Waals surface area (Å²) in [5, 5.41) is 3.03. The van der Waals surface area contributed by atoms with Crippen molar-refractivity contribution in [2.24, 2.45) is 0 Å². The van der Waals surface area contributed by atoms with Crippen LogP contribution in [0.5, 0.6) is 0 Å². The summed E-state index contributed by atoms with van der Waals surface area (Å²) in [5.74, 6) is 0.707. The van der Waals surface area contributed by atoms with Crippen molar-refractivity contribution in [2.75, 3.05) is 30.7 Å². The second-order valence-electron chi connectivity index (χ2n) is 4.27. The normalized spacial score (nSPS) is 11.8. The zero-order valence-electron chi connectivity index (χ0n) is 12.0. The summed E-state index contributed by atoms with van der Waals surface area (Å²) in [5.41, 5.74) is 1.57. The molecule has 7 heteroatoms. The maximum atomic E-state index is 12.0. The molecular formula is C12H22N4O2S. The van der Waals surface area contributed by atoms with Gasteiger partial charge in [-0.05, 0) is 13.8 Å². The summed E-state index contributed by atoms with van der Waals surface area (Å²) in [4.78, 5) is 8.47. The zero-order valence-corrected chi connectivity index (χ0v) is 12.8. The number of nitrogens with one attached hydrogen (secondary N) is 1. The number of aryl methyl sites for hydroxylation is 2.